The zero-order chi connectivity index (χ0) is 23.5. The average molecular weight is 439 g/mol. The van der Waals surface area contributed by atoms with Crippen LogP contribution in [-0.4, -0.2) is 72.8 Å². The monoisotopic (exact) mass is 438 g/mol. The molecule has 0 aliphatic heterocycles. The van der Waals surface area contributed by atoms with Crippen molar-refractivity contribution >= 4 is 11.8 Å². The molecule has 32 heavy (non-hydrogen) atoms. The summed E-state index contributed by atoms with van der Waals surface area (Å²) >= 11 is 0. The van der Waals surface area contributed by atoms with Crippen LogP contribution in [0, 0.1) is 0 Å². The highest BCUT2D eigenvalue weighted by molar-refractivity contribution is 5.90. The van der Waals surface area contributed by atoms with Crippen molar-refractivity contribution in [3.8, 4) is 0 Å². The molecular formula is C26H38N4O2. The highest BCUT2D eigenvalue weighted by atomic mass is 16.2. The first-order chi connectivity index (χ1) is 15.4. The smallest absolute Gasteiger partial charge is 0.241 e. The lowest BCUT2D eigenvalue weighted by Gasteiger charge is -2.35. The minimum atomic E-state index is -0.711. The van der Waals surface area contributed by atoms with E-state index in [1.807, 2.05) is 79.7 Å². The molecule has 6 heteroatoms. The summed E-state index contributed by atoms with van der Waals surface area (Å²) in [6.45, 7) is 7.66. The van der Waals surface area contributed by atoms with E-state index in [0.29, 0.717) is 19.5 Å². The quantitative estimate of drug-likeness (QED) is 0.522. The van der Waals surface area contributed by atoms with E-state index in [0.717, 1.165) is 30.8 Å². The van der Waals surface area contributed by atoms with Crippen molar-refractivity contribution < 1.29 is 9.59 Å². The first-order valence-electron chi connectivity index (χ1n) is 11.4. The molecule has 0 aliphatic rings. The van der Waals surface area contributed by atoms with Gasteiger partial charge in [-0.05, 0) is 51.3 Å². The van der Waals surface area contributed by atoms with Crippen molar-refractivity contribution in [2.45, 2.75) is 38.8 Å². The molecule has 2 aromatic carbocycles. The van der Waals surface area contributed by atoms with Gasteiger partial charge >= 0.3 is 0 Å². The third-order valence-electron chi connectivity index (χ3n) is 5.85. The number of likely N-dealkylation sites (N-methyl/N-ethyl adjacent to an activating group) is 1. The Bertz CT molecular complexity index is 822. The molecule has 0 aliphatic carbocycles. The van der Waals surface area contributed by atoms with E-state index < -0.39 is 11.9 Å². The van der Waals surface area contributed by atoms with Gasteiger partial charge in [-0.1, -0.05) is 74.5 Å². The largest absolute Gasteiger partial charge is 0.368 e. The molecule has 0 fully saturated rings. The third-order valence-corrected chi connectivity index (χ3v) is 5.85. The zero-order valence-electron chi connectivity index (χ0n) is 19.9. The zero-order valence-corrected chi connectivity index (χ0v) is 19.9. The lowest BCUT2D eigenvalue weighted by Crippen LogP contribution is -2.53. The van der Waals surface area contributed by atoms with Gasteiger partial charge in [-0.2, -0.15) is 0 Å². The third kappa shape index (κ3) is 7.46. The Labute approximate surface area is 193 Å². The van der Waals surface area contributed by atoms with Gasteiger partial charge in [-0.3, -0.25) is 9.59 Å². The number of carbonyl (C=O) groups is 2. The van der Waals surface area contributed by atoms with Gasteiger partial charge in [0.25, 0.3) is 0 Å². The first-order valence-corrected chi connectivity index (χ1v) is 11.4. The van der Waals surface area contributed by atoms with Crippen molar-refractivity contribution in [1.82, 2.24) is 14.7 Å². The van der Waals surface area contributed by atoms with E-state index in [2.05, 4.69) is 18.7 Å². The molecule has 2 amide bonds. The maximum Gasteiger partial charge on any atom is 0.241 e. The number of nitrogens with zero attached hydrogens (tertiary/aromatic N) is 3. The number of primary amides is 1. The molecule has 0 saturated heterocycles. The second-order valence-corrected chi connectivity index (χ2v) is 8.41. The molecule has 2 atom stereocenters. The number of hydrogen-bond donors (Lipinski definition) is 1. The number of rotatable bonds is 13. The highest BCUT2D eigenvalue weighted by Crippen LogP contribution is 2.25. The van der Waals surface area contributed by atoms with E-state index in [1.54, 1.807) is 4.90 Å². The molecule has 174 valence electrons. The minimum Gasteiger partial charge on any atom is -0.368 e. The highest BCUT2D eigenvalue weighted by Gasteiger charge is 2.34. The van der Waals surface area contributed by atoms with Crippen LogP contribution in [-0.2, 0) is 16.1 Å². The molecule has 0 saturated carbocycles. The van der Waals surface area contributed by atoms with Gasteiger partial charge in [0.15, 0.2) is 0 Å². The van der Waals surface area contributed by atoms with Crippen LogP contribution in [0.1, 0.15) is 37.3 Å². The van der Waals surface area contributed by atoms with Crippen molar-refractivity contribution in [2.24, 2.45) is 5.73 Å². The van der Waals surface area contributed by atoms with Crippen LogP contribution >= 0.6 is 0 Å². The first kappa shape index (κ1) is 25.6. The topological polar surface area (TPSA) is 69.9 Å². The maximum atomic E-state index is 14.0. The van der Waals surface area contributed by atoms with Gasteiger partial charge in [-0.15, -0.1) is 0 Å². The van der Waals surface area contributed by atoms with Crippen LogP contribution in [0.2, 0.25) is 0 Å². The van der Waals surface area contributed by atoms with E-state index >= 15 is 0 Å². The van der Waals surface area contributed by atoms with Gasteiger partial charge in [0, 0.05) is 13.1 Å². The van der Waals surface area contributed by atoms with Gasteiger partial charge in [-0.25, -0.2) is 0 Å². The summed E-state index contributed by atoms with van der Waals surface area (Å²) in [6, 6.07) is 18.9. The minimum absolute atomic E-state index is 0.0575. The molecule has 2 aromatic rings. The van der Waals surface area contributed by atoms with Gasteiger partial charge in [0.2, 0.25) is 11.8 Å². The Morgan fingerprint density at radius 3 is 1.97 bits per heavy atom. The lowest BCUT2D eigenvalue weighted by atomic mass is 9.92. The average Bonchev–Trinajstić information content (AvgIpc) is 2.80. The second-order valence-electron chi connectivity index (χ2n) is 8.41. The molecule has 0 radical (unpaired) electrons. The summed E-state index contributed by atoms with van der Waals surface area (Å²) in [6.07, 6.45) is 0.684. The predicted molar refractivity (Wildman–Crippen MR) is 130 cm³/mol. The fourth-order valence-electron chi connectivity index (χ4n) is 3.98. The van der Waals surface area contributed by atoms with Crippen molar-refractivity contribution in [2.75, 3.05) is 40.3 Å². The summed E-state index contributed by atoms with van der Waals surface area (Å²) in [7, 11) is 3.77. The van der Waals surface area contributed by atoms with Gasteiger partial charge < -0.3 is 20.4 Å². The second kappa shape index (κ2) is 13.0. The standard InChI is InChI=1S/C26H38N4O2/c1-5-29(6-2)18-17-23(22-15-11-8-12-16-22)26(32)30(19-21-13-9-7-10-14-21)24(25(27)31)20-28(3)4/h7-16,23-24H,5-6,17-20H2,1-4H3,(H2,27,31). The number of carbonyl (C=O) groups excluding carboxylic acids is 2. The lowest BCUT2D eigenvalue weighted by molar-refractivity contribution is -0.142. The number of hydrogen-bond acceptors (Lipinski definition) is 4. The van der Waals surface area contributed by atoms with Crippen LogP contribution in [0.25, 0.3) is 0 Å². The van der Waals surface area contributed by atoms with Crippen molar-refractivity contribution in [3.63, 3.8) is 0 Å². The Balaban J connectivity index is 2.43. The SMILES string of the molecule is CCN(CC)CCC(C(=O)N(Cc1ccccc1)C(CN(C)C)C(N)=O)c1ccccc1. The summed E-state index contributed by atoms with van der Waals surface area (Å²) < 4.78 is 0. The van der Waals surface area contributed by atoms with Crippen LogP contribution in [0.3, 0.4) is 0 Å². The van der Waals surface area contributed by atoms with Crippen LogP contribution < -0.4 is 5.73 Å². The molecule has 6 nitrogen and oxygen atoms in total. The predicted octanol–water partition coefficient (Wildman–Crippen LogP) is 2.95. The van der Waals surface area contributed by atoms with E-state index in [9.17, 15) is 9.59 Å². The molecule has 0 spiro atoms. The molecule has 2 rings (SSSR count). The summed E-state index contributed by atoms with van der Waals surface area (Å²) in [5.41, 5.74) is 7.76. The number of nitrogens with two attached hydrogens (primary N) is 1. The Hall–Kier alpha value is -2.70. The van der Waals surface area contributed by atoms with E-state index in [-0.39, 0.29) is 11.8 Å². The van der Waals surface area contributed by atoms with Crippen LogP contribution in [0.4, 0.5) is 0 Å². The molecule has 2 N–H and O–H groups in total. The van der Waals surface area contributed by atoms with Crippen molar-refractivity contribution in [1.29, 1.82) is 0 Å². The van der Waals surface area contributed by atoms with E-state index in [4.69, 9.17) is 5.73 Å². The van der Waals surface area contributed by atoms with Gasteiger partial charge in [0.1, 0.15) is 6.04 Å². The Kier molecular flexibility index (Phi) is 10.4. The summed E-state index contributed by atoms with van der Waals surface area (Å²) in [4.78, 5) is 32.4. The summed E-state index contributed by atoms with van der Waals surface area (Å²) in [5, 5.41) is 0. The molecule has 0 bridgehead atoms. The van der Waals surface area contributed by atoms with Crippen molar-refractivity contribution in [3.05, 3.63) is 71.8 Å². The molecule has 0 aromatic heterocycles. The molecule has 0 heterocycles. The fraction of sp³-hybridized carbons (Fsp3) is 0.462. The normalized spacial score (nSPS) is 13.2. The number of amides is 2. The Morgan fingerprint density at radius 1 is 0.906 bits per heavy atom. The molecule has 2 unspecified atom stereocenters. The number of benzene rings is 2. The maximum absolute atomic E-state index is 14.0. The Morgan fingerprint density at radius 2 is 1.47 bits per heavy atom. The fourth-order valence-corrected chi connectivity index (χ4v) is 3.98. The van der Waals surface area contributed by atoms with E-state index in [1.165, 1.54) is 0 Å². The van der Waals surface area contributed by atoms with Crippen LogP contribution in [0.5, 0.6) is 0 Å². The van der Waals surface area contributed by atoms with Gasteiger partial charge in [0.05, 0.1) is 5.92 Å². The van der Waals surface area contributed by atoms with Crippen LogP contribution in [0.15, 0.2) is 60.7 Å². The molecular weight excluding hydrogens is 400 g/mol. The summed E-state index contributed by atoms with van der Waals surface area (Å²) in [5.74, 6) is -0.888.